The number of hydrogen-bond acceptors (Lipinski definition) is 12. The van der Waals surface area contributed by atoms with Crippen molar-refractivity contribution < 1.29 is 52.3 Å². The van der Waals surface area contributed by atoms with Crippen LogP contribution in [-0.2, 0) is 38.0 Å². The Labute approximate surface area is 235 Å². The van der Waals surface area contributed by atoms with Gasteiger partial charge >= 0.3 is 12.3 Å². The third-order valence-electron chi connectivity index (χ3n) is 7.69. The van der Waals surface area contributed by atoms with Gasteiger partial charge in [0.15, 0.2) is 5.79 Å². The Morgan fingerprint density at radius 3 is 2.00 bits per heavy atom. The van der Waals surface area contributed by atoms with E-state index in [1.165, 1.54) is 14.2 Å². The lowest BCUT2D eigenvalue weighted by molar-refractivity contribution is -0.365. The number of benzene rings is 1. The first-order valence-corrected chi connectivity index (χ1v) is 13.6. The van der Waals surface area contributed by atoms with Gasteiger partial charge in [-0.2, -0.15) is 5.06 Å². The van der Waals surface area contributed by atoms with Crippen molar-refractivity contribution in [3.63, 3.8) is 0 Å². The molecule has 0 N–H and O–H groups in total. The molecule has 4 unspecified atom stereocenters. The Hall–Kier alpha value is -2.64. The number of nitrogens with zero attached hydrogens (tertiary/aromatic N) is 1. The molecule has 0 saturated carbocycles. The lowest BCUT2D eigenvalue weighted by atomic mass is 9.73. The fourth-order valence-corrected chi connectivity index (χ4v) is 5.63. The smallest absolute Gasteiger partial charge is 0.491 e. The number of hydroxylamine groups is 2. The van der Waals surface area contributed by atoms with Gasteiger partial charge in [0.2, 0.25) is 0 Å². The van der Waals surface area contributed by atoms with E-state index in [2.05, 4.69) is 28.4 Å². The van der Waals surface area contributed by atoms with Crippen molar-refractivity contribution in [2.45, 2.75) is 102 Å². The average molecular weight is 568 g/mol. The van der Waals surface area contributed by atoms with E-state index in [4.69, 9.17) is 33.3 Å². The minimum Gasteiger partial charge on any atom is -0.491 e. The first-order chi connectivity index (χ1) is 19.0. The Balaban J connectivity index is 1.53. The maximum Gasteiger partial charge on any atom is 0.510 e. The summed E-state index contributed by atoms with van der Waals surface area (Å²) in [6.07, 6.45) is -2.64. The van der Waals surface area contributed by atoms with Crippen LogP contribution in [0, 0.1) is 0 Å². The summed E-state index contributed by atoms with van der Waals surface area (Å²) in [5.74, 6) is -0.452. The van der Waals surface area contributed by atoms with Gasteiger partial charge in [-0.3, -0.25) is 4.84 Å². The molecular formula is C28H41NO11. The first kappa shape index (κ1) is 30.3. The summed E-state index contributed by atoms with van der Waals surface area (Å²) in [4.78, 5) is 30.5. The lowest BCUT2D eigenvalue weighted by Crippen LogP contribution is -2.67. The molecule has 0 aromatic heterocycles. The van der Waals surface area contributed by atoms with Crippen LogP contribution in [0.3, 0.4) is 0 Å². The first-order valence-electron chi connectivity index (χ1n) is 13.6. The Morgan fingerprint density at radius 1 is 0.975 bits per heavy atom. The quantitative estimate of drug-likeness (QED) is 0.283. The molecule has 4 rings (SSSR count). The van der Waals surface area contributed by atoms with E-state index in [0.29, 0.717) is 32.3 Å². The molecule has 3 fully saturated rings. The van der Waals surface area contributed by atoms with Gasteiger partial charge in [0, 0.05) is 18.4 Å². The Kier molecular flexibility index (Phi) is 9.15. The summed E-state index contributed by atoms with van der Waals surface area (Å²) in [5, 5.41) is 2.06. The number of hydrogen-bond donors (Lipinski definition) is 0. The summed E-state index contributed by atoms with van der Waals surface area (Å²) in [7, 11) is 2.35. The van der Waals surface area contributed by atoms with Crippen LogP contribution in [-0.4, -0.2) is 80.4 Å². The van der Waals surface area contributed by atoms with E-state index in [0.717, 1.165) is 17.9 Å². The summed E-state index contributed by atoms with van der Waals surface area (Å²) in [6, 6.07) is 7.87. The van der Waals surface area contributed by atoms with Crippen LogP contribution < -0.4 is 4.74 Å². The second-order valence-corrected chi connectivity index (χ2v) is 11.0. The highest BCUT2D eigenvalue weighted by Gasteiger charge is 2.63. The van der Waals surface area contributed by atoms with E-state index in [1.807, 2.05) is 45.0 Å². The molecule has 3 saturated heterocycles. The monoisotopic (exact) mass is 567 g/mol. The largest absolute Gasteiger partial charge is 0.510 e. The van der Waals surface area contributed by atoms with E-state index in [1.54, 1.807) is 0 Å². The van der Waals surface area contributed by atoms with E-state index in [-0.39, 0.29) is 12.2 Å². The number of piperidine rings is 1. The fourth-order valence-electron chi connectivity index (χ4n) is 5.63. The topological polar surface area (TPSA) is 124 Å². The molecule has 0 aliphatic carbocycles. The molecule has 1 aromatic rings. The normalized spacial score (nSPS) is 29.4. The van der Waals surface area contributed by atoms with E-state index in [9.17, 15) is 9.59 Å². The van der Waals surface area contributed by atoms with Crippen molar-refractivity contribution in [1.82, 2.24) is 5.06 Å². The fraction of sp³-hybridized carbons (Fsp3) is 0.714. The number of epoxide rings is 1. The minimum atomic E-state index is -1.34. The molecule has 12 nitrogen and oxygen atoms in total. The third kappa shape index (κ3) is 6.63. The lowest BCUT2D eigenvalue weighted by Gasteiger charge is -2.58. The van der Waals surface area contributed by atoms with Crippen molar-refractivity contribution in [2.24, 2.45) is 0 Å². The molecule has 3 aliphatic heterocycles. The molecule has 224 valence electrons. The highest BCUT2D eigenvalue weighted by molar-refractivity contribution is 5.61. The van der Waals surface area contributed by atoms with Crippen molar-refractivity contribution in [3.05, 3.63) is 29.8 Å². The second kappa shape index (κ2) is 12.1. The molecular weight excluding hydrogens is 526 g/mol. The Morgan fingerprint density at radius 2 is 1.52 bits per heavy atom. The third-order valence-corrected chi connectivity index (χ3v) is 7.69. The number of methoxy groups -OCH3 is 2. The van der Waals surface area contributed by atoms with Crippen molar-refractivity contribution in [2.75, 3.05) is 27.4 Å². The van der Waals surface area contributed by atoms with Crippen LogP contribution in [0.15, 0.2) is 24.3 Å². The highest BCUT2D eigenvalue weighted by Crippen LogP contribution is 2.53. The molecule has 4 atom stereocenters. The van der Waals surface area contributed by atoms with Gasteiger partial charge in [0.25, 0.3) is 12.6 Å². The zero-order valence-corrected chi connectivity index (χ0v) is 24.3. The van der Waals surface area contributed by atoms with Crippen LogP contribution in [0.2, 0.25) is 0 Å². The molecule has 0 radical (unpaired) electrons. The summed E-state index contributed by atoms with van der Waals surface area (Å²) < 4.78 is 43.1. The zero-order chi connectivity index (χ0) is 29.1. The maximum absolute atomic E-state index is 11.9. The van der Waals surface area contributed by atoms with Gasteiger partial charge in [-0.25, -0.2) is 9.59 Å². The predicted molar refractivity (Wildman–Crippen MR) is 139 cm³/mol. The van der Waals surface area contributed by atoms with Gasteiger partial charge in [0.05, 0.1) is 26.4 Å². The van der Waals surface area contributed by atoms with Gasteiger partial charge in [-0.1, -0.05) is 26.0 Å². The average Bonchev–Trinajstić information content (AvgIpc) is 3.71. The van der Waals surface area contributed by atoms with Crippen molar-refractivity contribution in [1.29, 1.82) is 0 Å². The maximum atomic E-state index is 11.9. The number of rotatable bonds is 10. The van der Waals surface area contributed by atoms with Crippen LogP contribution in [0.1, 0.15) is 72.0 Å². The number of carbonyl (C=O) groups is 2. The van der Waals surface area contributed by atoms with Gasteiger partial charge in [-0.15, -0.1) is 0 Å². The van der Waals surface area contributed by atoms with Crippen molar-refractivity contribution in [3.8, 4) is 5.75 Å². The summed E-state index contributed by atoms with van der Waals surface area (Å²) in [5.41, 5.74) is -0.139. The minimum absolute atomic E-state index is 0.195. The van der Waals surface area contributed by atoms with Crippen LogP contribution >= 0.6 is 0 Å². The van der Waals surface area contributed by atoms with Gasteiger partial charge < -0.3 is 37.9 Å². The number of carbonyl (C=O) groups excluding carboxylic acids is 2. The van der Waals surface area contributed by atoms with Crippen LogP contribution in [0.5, 0.6) is 5.75 Å². The summed E-state index contributed by atoms with van der Waals surface area (Å²) in [6.45, 7) is 11.5. The molecule has 12 heteroatoms. The standard InChI is InChI=1S/C28H41NO11/c1-8-27(9-2)17-28(38-22(36-24(30)32-6)23(39-28)37-25(31)33-7)16-26(4,5)29(27)40-18(3)19-10-12-20(13-11-19)34-14-21-15-35-21/h10-13,18,21-23H,8-9,14-17H2,1-7H3. The van der Waals surface area contributed by atoms with Crippen molar-refractivity contribution >= 4 is 12.3 Å². The Bertz CT molecular complexity index is 996. The molecule has 1 spiro atoms. The van der Waals surface area contributed by atoms with Gasteiger partial charge in [-0.05, 0) is 51.3 Å². The molecule has 0 amide bonds. The zero-order valence-electron chi connectivity index (χ0n) is 24.3. The van der Waals surface area contributed by atoms with E-state index < -0.39 is 41.8 Å². The predicted octanol–water partition coefficient (Wildman–Crippen LogP) is 4.85. The molecule has 1 aromatic carbocycles. The molecule has 0 bridgehead atoms. The summed E-state index contributed by atoms with van der Waals surface area (Å²) >= 11 is 0. The van der Waals surface area contributed by atoms with Gasteiger partial charge in [0.1, 0.15) is 24.6 Å². The highest BCUT2D eigenvalue weighted by atomic mass is 16.9. The second-order valence-electron chi connectivity index (χ2n) is 11.0. The van der Waals surface area contributed by atoms with Crippen LogP contribution in [0.25, 0.3) is 0 Å². The van der Waals surface area contributed by atoms with E-state index >= 15 is 0 Å². The van der Waals surface area contributed by atoms with Crippen LogP contribution in [0.4, 0.5) is 9.59 Å². The number of ether oxygens (including phenoxy) is 8. The SMILES string of the molecule is CCC1(CC)CC2(CC(C)(C)N1OC(C)c1ccc(OCC3CO3)cc1)OC(OC(=O)OC)C(OC(=O)OC)O2. The molecule has 3 heterocycles. The molecule has 40 heavy (non-hydrogen) atoms. The molecule has 3 aliphatic rings.